The molecule has 0 aromatic rings. The predicted molar refractivity (Wildman–Crippen MR) is 56.5 cm³/mol. The van der Waals surface area contributed by atoms with Gasteiger partial charge < -0.3 is 14.3 Å². The van der Waals surface area contributed by atoms with Crippen LogP contribution in [0.4, 0.5) is 0 Å². The highest BCUT2D eigenvalue weighted by molar-refractivity contribution is 4.90. The molecule has 2 rings (SSSR count). The maximum absolute atomic E-state index is 5.94. The maximum Gasteiger partial charge on any atom is 0.0742 e. The van der Waals surface area contributed by atoms with Crippen molar-refractivity contribution in [3.8, 4) is 0 Å². The first-order valence-corrected chi connectivity index (χ1v) is 5.94. The van der Waals surface area contributed by atoms with E-state index in [2.05, 4.69) is 5.48 Å². The van der Waals surface area contributed by atoms with Gasteiger partial charge in [0.05, 0.1) is 12.2 Å². The van der Waals surface area contributed by atoms with E-state index in [1.165, 1.54) is 0 Å². The molecule has 0 bridgehead atoms. The van der Waals surface area contributed by atoms with Gasteiger partial charge in [-0.3, -0.25) is 0 Å². The lowest BCUT2D eigenvalue weighted by Crippen LogP contribution is -2.49. The third-order valence-electron chi connectivity index (χ3n) is 3.29. The zero-order valence-corrected chi connectivity index (χ0v) is 9.46. The van der Waals surface area contributed by atoms with Crippen molar-refractivity contribution in [2.45, 2.75) is 44.2 Å². The van der Waals surface area contributed by atoms with Gasteiger partial charge in [-0.05, 0) is 32.6 Å². The molecule has 2 heterocycles. The number of hydrogen-bond acceptors (Lipinski definition) is 4. The second-order valence-corrected chi connectivity index (χ2v) is 4.38. The second-order valence-electron chi connectivity index (χ2n) is 4.38. The quantitative estimate of drug-likeness (QED) is 0.719. The van der Waals surface area contributed by atoms with Crippen molar-refractivity contribution in [2.75, 3.05) is 26.4 Å². The topological polar surface area (TPSA) is 39.7 Å². The number of nitrogens with one attached hydrogen (secondary N) is 1. The molecule has 0 amide bonds. The fraction of sp³-hybridized carbons (Fsp3) is 1.00. The molecule has 4 heteroatoms. The van der Waals surface area contributed by atoms with Gasteiger partial charge in [-0.2, -0.15) is 5.48 Å². The molecule has 1 N–H and O–H groups in total. The van der Waals surface area contributed by atoms with Gasteiger partial charge in [-0.25, -0.2) is 0 Å². The van der Waals surface area contributed by atoms with E-state index >= 15 is 0 Å². The molecule has 2 aliphatic rings. The van der Waals surface area contributed by atoms with Crippen LogP contribution in [0.1, 0.15) is 32.6 Å². The van der Waals surface area contributed by atoms with Gasteiger partial charge in [0, 0.05) is 25.9 Å². The Hall–Kier alpha value is -0.160. The van der Waals surface area contributed by atoms with Crippen molar-refractivity contribution < 1.29 is 14.3 Å². The van der Waals surface area contributed by atoms with Crippen molar-refractivity contribution in [3.63, 3.8) is 0 Å². The number of hydrogen-bond donors (Lipinski definition) is 1. The molecule has 2 saturated heterocycles. The molecule has 0 aromatic carbocycles. The van der Waals surface area contributed by atoms with Gasteiger partial charge in [-0.1, -0.05) is 0 Å². The van der Waals surface area contributed by atoms with Crippen molar-refractivity contribution in [1.29, 1.82) is 0 Å². The van der Waals surface area contributed by atoms with E-state index in [4.69, 9.17) is 14.3 Å². The van der Waals surface area contributed by atoms with Crippen LogP contribution in [-0.4, -0.2) is 38.1 Å². The Labute approximate surface area is 91.2 Å². The van der Waals surface area contributed by atoms with E-state index in [-0.39, 0.29) is 5.60 Å². The van der Waals surface area contributed by atoms with Gasteiger partial charge in [0.15, 0.2) is 0 Å². The lowest BCUT2D eigenvalue weighted by atomic mass is 9.84. The minimum Gasteiger partial charge on any atom is -0.381 e. The smallest absolute Gasteiger partial charge is 0.0742 e. The molecule has 88 valence electrons. The van der Waals surface area contributed by atoms with Crippen molar-refractivity contribution >= 4 is 0 Å². The molecule has 15 heavy (non-hydrogen) atoms. The molecule has 2 fully saturated rings. The fourth-order valence-electron chi connectivity index (χ4n) is 2.42. The van der Waals surface area contributed by atoms with Gasteiger partial charge in [-0.15, -0.1) is 0 Å². The van der Waals surface area contributed by atoms with E-state index in [9.17, 15) is 0 Å². The maximum atomic E-state index is 5.94. The summed E-state index contributed by atoms with van der Waals surface area (Å²) in [4.78, 5) is 5.27. The average Bonchev–Trinajstić information content (AvgIpc) is 2.28. The number of hydroxylamine groups is 1. The van der Waals surface area contributed by atoms with Crippen LogP contribution in [0.5, 0.6) is 0 Å². The molecular formula is C11H21NO3. The monoisotopic (exact) mass is 215 g/mol. The van der Waals surface area contributed by atoms with Gasteiger partial charge >= 0.3 is 0 Å². The van der Waals surface area contributed by atoms with Crippen LogP contribution in [0.25, 0.3) is 0 Å². The van der Waals surface area contributed by atoms with Crippen LogP contribution in [-0.2, 0) is 14.3 Å². The molecule has 1 unspecified atom stereocenters. The first kappa shape index (κ1) is 11.3. The lowest BCUT2D eigenvalue weighted by molar-refractivity contribution is -0.152. The summed E-state index contributed by atoms with van der Waals surface area (Å²) in [6.07, 6.45) is 4.15. The zero-order valence-electron chi connectivity index (χ0n) is 9.46. The van der Waals surface area contributed by atoms with Crippen LogP contribution in [0.2, 0.25) is 0 Å². The molecule has 0 aliphatic carbocycles. The van der Waals surface area contributed by atoms with Crippen LogP contribution in [0, 0.1) is 0 Å². The Morgan fingerprint density at radius 3 is 2.87 bits per heavy atom. The highest BCUT2D eigenvalue weighted by Crippen LogP contribution is 2.34. The molecule has 4 nitrogen and oxygen atoms in total. The molecule has 2 aliphatic heterocycles. The van der Waals surface area contributed by atoms with Gasteiger partial charge in [0.1, 0.15) is 0 Å². The summed E-state index contributed by atoms with van der Waals surface area (Å²) < 4.78 is 11.3. The summed E-state index contributed by atoms with van der Waals surface area (Å²) >= 11 is 0. The largest absolute Gasteiger partial charge is 0.381 e. The van der Waals surface area contributed by atoms with Crippen LogP contribution in [0.3, 0.4) is 0 Å². The molecule has 1 atom stereocenters. The van der Waals surface area contributed by atoms with E-state index < -0.39 is 0 Å². The Kier molecular flexibility index (Phi) is 3.97. The van der Waals surface area contributed by atoms with Gasteiger partial charge in [0.25, 0.3) is 0 Å². The number of ether oxygens (including phenoxy) is 2. The second kappa shape index (κ2) is 5.25. The van der Waals surface area contributed by atoms with Crippen molar-refractivity contribution in [1.82, 2.24) is 5.48 Å². The summed E-state index contributed by atoms with van der Waals surface area (Å²) in [5, 5.41) is 0. The highest BCUT2D eigenvalue weighted by atomic mass is 16.6. The standard InChI is InChI=1S/C11H21NO3/c1-2-15-12-10-3-6-14-11(9-10)4-7-13-8-5-11/h10,12H,2-9H2,1H3. The Morgan fingerprint density at radius 2 is 2.13 bits per heavy atom. The first-order valence-electron chi connectivity index (χ1n) is 5.94. The summed E-state index contributed by atoms with van der Waals surface area (Å²) in [5.74, 6) is 0. The van der Waals surface area contributed by atoms with E-state index in [0.717, 1.165) is 45.5 Å². The molecule has 0 radical (unpaired) electrons. The summed E-state index contributed by atoms with van der Waals surface area (Å²) in [7, 11) is 0. The third kappa shape index (κ3) is 2.91. The Morgan fingerprint density at radius 1 is 1.33 bits per heavy atom. The normalized spacial score (nSPS) is 30.6. The van der Waals surface area contributed by atoms with E-state index in [0.29, 0.717) is 12.6 Å². The lowest BCUT2D eigenvalue weighted by Gasteiger charge is -2.43. The minimum absolute atomic E-state index is 0.0608. The molecule has 1 spiro atoms. The average molecular weight is 215 g/mol. The first-order chi connectivity index (χ1) is 7.35. The highest BCUT2D eigenvalue weighted by Gasteiger charge is 2.38. The van der Waals surface area contributed by atoms with Crippen molar-refractivity contribution in [2.24, 2.45) is 0 Å². The minimum atomic E-state index is 0.0608. The summed E-state index contributed by atoms with van der Waals surface area (Å²) in [6, 6.07) is 0.441. The summed E-state index contributed by atoms with van der Waals surface area (Å²) in [5.41, 5.74) is 3.18. The SMILES string of the molecule is CCONC1CCOC2(CCOCC2)C1. The van der Waals surface area contributed by atoms with Crippen LogP contribution < -0.4 is 5.48 Å². The van der Waals surface area contributed by atoms with E-state index in [1.54, 1.807) is 0 Å². The van der Waals surface area contributed by atoms with E-state index in [1.807, 2.05) is 6.92 Å². The molecular weight excluding hydrogens is 194 g/mol. The predicted octanol–water partition coefficient (Wildman–Crippen LogP) is 1.26. The third-order valence-corrected chi connectivity index (χ3v) is 3.29. The summed E-state index contributed by atoms with van der Waals surface area (Å²) in [6.45, 7) is 5.22. The van der Waals surface area contributed by atoms with Crippen LogP contribution >= 0.6 is 0 Å². The fourth-order valence-corrected chi connectivity index (χ4v) is 2.42. The zero-order chi connectivity index (χ0) is 10.6. The van der Waals surface area contributed by atoms with Crippen molar-refractivity contribution in [3.05, 3.63) is 0 Å². The van der Waals surface area contributed by atoms with Gasteiger partial charge in [0.2, 0.25) is 0 Å². The molecule has 0 aromatic heterocycles. The molecule has 0 saturated carbocycles. The number of rotatable bonds is 3. The Balaban J connectivity index is 1.85. The van der Waals surface area contributed by atoms with Crippen LogP contribution in [0.15, 0.2) is 0 Å². The Bertz CT molecular complexity index is 187.